The first-order valence-electron chi connectivity index (χ1n) is 5.88. The van der Waals surface area contributed by atoms with Gasteiger partial charge in [0.05, 0.1) is 5.60 Å². The lowest BCUT2D eigenvalue weighted by Gasteiger charge is -2.34. The van der Waals surface area contributed by atoms with Crippen LogP contribution in [0.25, 0.3) is 0 Å². The Morgan fingerprint density at radius 1 is 1.07 bits per heavy atom. The van der Waals surface area contributed by atoms with Crippen LogP contribution in [-0.2, 0) is 0 Å². The van der Waals surface area contributed by atoms with E-state index in [0.717, 1.165) is 19.4 Å². The lowest BCUT2D eigenvalue weighted by Crippen LogP contribution is -2.50. The van der Waals surface area contributed by atoms with E-state index in [0.29, 0.717) is 6.54 Å². The summed E-state index contributed by atoms with van der Waals surface area (Å²) in [6.45, 7) is 10.0. The maximum atomic E-state index is 10.1. The average Bonchev–Trinajstić information content (AvgIpc) is 2.17. The molecule has 0 aliphatic carbocycles. The first-order chi connectivity index (χ1) is 6.77. The Morgan fingerprint density at radius 3 is 1.87 bits per heavy atom. The van der Waals surface area contributed by atoms with Crippen molar-refractivity contribution in [2.45, 2.75) is 51.7 Å². The van der Waals surface area contributed by atoms with E-state index in [1.165, 1.54) is 0 Å². The van der Waals surface area contributed by atoms with Crippen molar-refractivity contribution in [3.63, 3.8) is 0 Å². The van der Waals surface area contributed by atoms with Gasteiger partial charge in [-0.2, -0.15) is 0 Å². The van der Waals surface area contributed by atoms with E-state index in [2.05, 4.69) is 38.2 Å². The Hall–Kier alpha value is -0.120. The zero-order chi connectivity index (χ0) is 12.1. The summed E-state index contributed by atoms with van der Waals surface area (Å²) in [6, 6.07) is 0. The summed E-state index contributed by atoms with van der Waals surface area (Å²) >= 11 is 0. The van der Waals surface area contributed by atoms with Gasteiger partial charge in [-0.15, -0.1) is 0 Å². The first kappa shape index (κ1) is 14.9. The molecule has 92 valence electrons. The fraction of sp³-hybridized carbons (Fsp3) is 1.00. The highest BCUT2D eigenvalue weighted by molar-refractivity contribution is 4.83. The highest BCUT2D eigenvalue weighted by Crippen LogP contribution is 2.14. The molecular weight excluding hydrogens is 188 g/mol. The Bertz CT molecular complexity index is 170. The van der Waals surface area contributed by atoms with E-state index in [4.69, 9.17) is 0 Å². The van der Waals surface area contributed by atoms with Gasteiger partial charge in [-0.1, -0.05) is 13.8 Å². The van der Waals surface area contributed by atoms with Gasteiger partial charge < -0.3 is 15.3 Å². The molecule has 0 aromatic carbocycles. The third-order valence-electron chi connectivity index (χ3n) is 3.54. The van der Waals surface area contributed by atoms with Gasteiger partial charge in [-0.05, 0) is 40.8 Å². The van der Waals surface area contributed by atoms with E-state index in [1.807, 2.05) is 13.8 Å². The minimum atomic E-state index is -0.539. The van der Waals surface area contributed by atoms with E-state index < -0.39 is 5.60 Å². The maximum Gasteiger partial charge on any atom is 0.0766 e. The number of hydrogen-bond donors (Lipinski definition) is 2. The highest BCUT2D eigenvalue weighted by Gasteiger charge is 2.24. The number of nitrogens with zero attached hydrogens (tertiary/aromatic N) is 1. The molecule has 0 radical (unpaired) electrons. The molecule has 0 aliphatic rings. The van der Waals surface area contributed by atoms with Crippen LogP contribution in [0.15, 0.2) is 0 Å². The van der Waals surface area contributed by atoms with Crippen molar-refractivity contribution in [1.29, 1.82) is 0 Å². The summed E-state index contributed by atoms with van der Waals surface area (Å²) in [5.74, 6) is 0. The van der Waals surface area contributed by atoms with Crippen molar-refractivity contribution in [1.82, 2.24) is 10.2 Å². The van der Waals surface area contributed by atoms with E-state index in [1.54, 1.807) is 0 Å². The van der Waals surface area contributed by atoms with Crippen LogP contribution in [0.5, 0.6) is 0 Å². The smallest absolute Gasteiger partial charge is 0.0766 e. The molecule has 15 heavy (non-hydrogen) atoms. The maximum absolute atomic E-state index is 10.1. The molecule has 0 aromatic rings. The summed E-state index contributed by atoms with van der Waals surface area (Å²) in [6.07, 6.45) is 1.61. The topological polar surface area (TPSA) is 35.5 Å². The third-order valence-corrected chi connectivity index (χ3v) is 3.54. The second-order valence-electron chi connectivity index (χ2n) is 5.24. The minimum absolute atomic E-state index is 0.127. The molecular formula is C12H28N2O. The van der Waals surface area contributed by atoms with E-state index >= 15 is 0 Å². The van der Waals surface area contributed by atoms with Gasteiger partial charge >= 0.3 is 0 Å². The molecule has 0 unspecified atom stereocenters. The molecule has 0 aliphatic heterocycles. The zero-order valence-corrected chi connectivity index (χ0v) is 11.2. The molecule has 0 fully saturated rings. The summed E-state index contributed by atoms with van der Waals surface area (Å²) < 4.78 is 0. The predicted octanol–water partition coefficient (Wildman–Crippen LogP) is 1.47. The van der Waals surface area contributed by atoms with Crippen LogP contribution < -0.4 is 5.32 Å². The molecule has 0 heterocycles. The predicted molar refractivity (Wildman–Crippen MR) is 66.2 cm³/mol. The number of aliphatic hydroxyl groups is 1. The standard InChI is InChI=1S/C12H28N2O/c1-7-12(15,8-2)10-13-9-11(3,4)14(5)6/h13,15H,7-10H2,1-6H3. The van der Waals surface area contributed by atoms with Crippen LogP contribution in [0.4, 0.5) is 0 Å². The highest BCUT2D eigenvalue weighted by atomic mass is 16.3. The van der Waals surface area contributed by atoms with Crippen molar-refractivity contribution in [3.05, 3.63) is 0 Å². The van der Waals surface area contributed by atoms with Crippen molar-refractivity contribution in [2.24, 2.45) is 0 Å². The minimum Gasteiger partial charge on any atom is -0.389 e. The molecule has 3 heteroatoms. The quantitative estimate of drug-likeness (QED) is 0.676. The Morgan fingerprint density at radius 2 is 1.53 bits per heavy atom. The number of nitrogens with one attached hydrogen (secondary N) is 1. The number of likely N-dealkylation sites (N-methyl/N-ethyl adjacent to an activating group) is 1. The first-order valence-corrected chi connectivity index (χ1v) is 5.88. The molecule has 0 saturated heterocycles. The third kappa shape index (κ3) is 4.96. The fourth-order valence-electron chi connectivity index (χ4n) is 1.26. The molecule has 0 aromatic heterocycles. The van der Waals surface area contributed by atoms with Crippen molar-refractivity contribution >= 4 is 0 Å². The van der Waals surface area contributed by atoms with Gasteiger partial charge in [0.15, 0.2) is 0 Å². The van der Waals surface area contributed by atoms with Crippen LogP contribution in [0.1, 0.15) is 40.5 Å². The molecule has 3 nitrogen and oxygen atoms in total. The molecule has 0 saturated carbocycles. The normalized spacial score (nSPS) is 13.6. The van der Waals surface area contributed by atoms with Crippen LogP contribution in [0.2, 0.25) is 0 Å². The van der Waals surface area contributed by atoms with E-state index in [-0.39, 0.29) is 5.54 Å². The Labute approximate surface area is 94.9 Å². The molecule has 0 rings (SSSR count). The molecule has 0 bridgehead atoms. The van der Waals surface area contributed by atoms with Crippen LogP contribution in [-0.4, -0.2) is 48.3 Å². The molecule has 0 atom stereocenters. The average molecular weight is 216 g/mol. The Balaban J connectivity index is 3.98. The van der Waals surface area contributed by atoms with Crippen LogP contribution >= 0.6 is 0 Å². The van der Waals surface area contributed by atoms with Gasteiger partial charge in [0.2, 0.25) is 0 Å². The van der Waals surface area contributed by atoms with Gasteiger partial charge in [-0.25, -0.2) is 0 Å². The monoisotopic (exact) mass is 216 g/mol. The summed E-state index contributed by atoms with van der Waals surface area (Å²) in [5, 5.41) is 13.4. The van der Waals surface area contributed by atoms with E-state index in [9.17, 15) is 5.11 Å². The second kappa shape index (κ2) is 5.83. The van der Waals surface area contributed by atoms with Gasteiger partial charge in [0, 0.05) is 18.6 Å². The zero-order valence-electron chi connectivity index (χ0n) is 11.2. The van der Waals surface area contributed by atoms with Gasteiger partial charge in [0.25, 0.3) is 0 Å². The molecule has 0 amide bonds. The number of hydrogen-bond acceptors (Lipinski definition) is 3. The lowest BCUT2D eigenvalue weighted by atomic mass is 9.96. The fourth-order valence-corrected chi connectivity index (χ4v) is 1.26. The van der Waals surface area contributed by atoms with Crippen molar-refractivity contribution < 1.29 is 5.11 Å². The summed E-state index contributed by atoms with van der Waals surface area (Å²) in [4.78, 5) is 2.19. The molecule has 0 spiro atoms. The lowest BCUT2D eigenvalue weighted by molar-refractivity contribution is 0.0293. The number of rotatable bonds is 7. The summed E-state index contributed by atoms with van der Waals surface area (Å²) in [5.41, 5.74) is -0.412. The largest absolute Gasteiger partial charge is 0.389 e. The Kier molecular flexibility index (Phi) is 5.78. The second-order valence-corrected chi connectivity index (χ2v) is 5.24. The summed E-state index contributed by atoms with van der Waals surface area (Å²) in [7, 11) is 4.15. The van der Waals surface area contributed by atoms with Crippen LogP contribution in [0, 0.1) is 0 Å². The van der Waals surface area contributed by atoms with Crippen molar-refractivity contribution in [2.75, 3.05) is 27.2 Å². The van der Waals surface area contributed by atoms with Gasteiger partial charge in [-0.3, -0.25) is 0 Å². The van der Waals surface area contributed by atoms with Crippen molar-refractivity contribution in [3.8, 4) is 0 Å². The SMILES string of the molecule is CCC(O)(CC)CNCC(C)(C)N(C)C. The van der Waals surface area contributed by atoms with Crippen LogP contribution in [0.3, 0.4) is 0 Å². The molecule has 2 N–H and O–H groups in total. The van der Waals surface area contributed by atoms with Gasteiger partial charge in [0.1, 0.15) is 0 Å².